The van der Waals surface area contributed by atoms with Crippen LogP contribution in [0.25, 0.3) is 11.3 Å². The fourth-order valence-corrected chi connectivity index (χ4v) is 2.23. The number of hydrogen-bond donors (Lipinski definition) is 1. The summed E-state index contributed by atoms with van der Waals surface area (Å²) in [6, 6.07) is 8.11. The van der Waals surface area contributed by atoms with Gasteiger partial charge in [0.1, 0.15) is 5.75 Å². The van der Waals surface area contributed by atoms with Crippen molar-refractivity contribution in [3.05, 3.63) is 35.5 Å². The van der Waals surface area contributed by atoms with Gasteiger partial charge in [0.25, 0.3) is 0 Å². The van der Waals surface area contributed by atoms with Crippen molar-refractivity contribution in [1.29, 1.82) is 0 Å². The largest absolute Gasteiger partial charge is 0.496 e. The predicted octanol–water partition coefficient (Wildman–Crippen LogP) is 2.89. The zero-order valence-corrected chi connectivity index (χ0v) is 12.8. The van der Waals surface area contributed by atoms with Gasteiger partial charge in [-0.05, 0) is 29.2 Å². The molecule has 0 bridgehead atoms. The number of aliphatic hydroxyl groups excluding tert-OH is 1. The van der Waals surface area contributed by atoms with Gasteiger partial charge in [-0.3, -0.25) is 4.68 Å². The highest BCUT2D eigenvalue weighted by Crippen LogP contribution is 2.34. The normalized spacial score (nSPS) is 11.7. The Bertz CT molecular complexity index is 609. The van der Waals surface area contributed by atoms with Crippen LogP contribution in [0.15, 0.2) is 24.3 Å². The van der Waals surface area contributed by atoms with E-state index in [9.17, 15) is 5.11 Å². The Morgan fingerprint density at radius 1 is 1.25 bits per heavy atom. The molecule has 0 amide bonds. The zero-order chi connectivity index (χ0) is 14.9. The smallest absolute Gasteiger partial charge is 0.128 e. The van der Waals surface area contributed by atoms with Crippen LogP contribution in [0.3, 0.4) is 0 Å². The number of methoxy groups -OCH3 is 1. The van der Waals surface area contributed by atoms with Gasteiger partial charge < -0.3 is 9.84 Å². The summed E-state index contributed by atoms with van der Waals surface area (Å²) >= 11 is 0. The van der Waals surface area contributed by atoms with Crippen molar-refractivity contribution in [2.24, 2.45) is 7.05 Å². The molecule has 0 aliphatic heterocycles. The molecule has 0 aliphatic rings. The Labute approximate surface area is 120 Å². The summed E-state index contributed by atoms with van der Waals surface area (Å²) in [6.07, 6.45) is 0. The lowest BCUT2D eigenvalue weighted by atomic mass is 9.85. The molecule has 0 saturated carbocycles. The first-order valence-electron chi connectivity index (χ1n) is 6.69. The van der Waals surface area contributed by atoms with Crippen LogP contribution in [0.5, 0.6) is 5.75 Å². The Hall–Kier alpha value is -1.81. The summed E-state index contributed by atoms with van der Waals surface area (Å²) in [7, 11) is 3.54. The van der Waals surface area contributed by atoms with Crippen LogP contribution in [0.4, 0.5) is 0 Å². The molecular formula is C16H22N2O2. The third kappa shape index (κ3) is 2.70. The van der Waals surface area contributed by atoms with Gasteiger partial charge in [-0.25, -0.2) is 0 Å². The maximum Gasteiger partial charge on any atom is 0.128 e. The van der Waals surface area contributed by atoms with Crippen LogP contribution in [0.2, 0.25) is 0 Å². The zero-order valence-electron chi connectivity index (χ0n) is 12.8. The minimum absolute atomic E-state index is 0.0604. The summed E-state index contributed by atoms with van der Waals surface area (Å²) < 4.78 is 7.24. The molecule has 0 saturated heterocycles. The van der Waals surface area contributed by atoms with E-state index in [2.05, 4.69) is 38.0 Å². The molecule has 2 aromatic rings. The Morgan fingerprint density at radius 3 is 2.45 bits per heavy atom. The maximum atomic E-state index is 9.23. The second-order valence-electron chi connectivity index (χ2n) is 5.97. The van der Waals surface area contributed by atoms with E-state index in [4.69, 9.17) is 4.74 Å². The molecule has 0 aliphatic carbocycles. The van der Waals surface area contributed by atoms with Crippen molar-refractivity contribution in [2.75, 3.05) is 7.11 Å². The van der Waals surface area contributed by atoms with Crippen molar-refractivity contribution >= 4 is 0 Å². The summed E-state index contributed by atoms with van der Waals surface area (Å²) in [5.41, 5.74) is 3.90. The number of aliphatic hydroxyl groups is 1. The topological polar surface area (TPSA) is 47.3 Å². The number of hydrogen-bond acceptors (Lipinski definition) is 3. The van der Waals surface area contributed by atoms with E-state index in [1.807, 2.05) is 19.2 Å². The molecular weight excluding hydrogens is 252 g/mol. The van der Waals surface area contributed by atoms with E-state index >= 15 is 0 Å². The van der Waals surface area contributed by atoms with Crippen LogP contribution < -0.4 is 4.74 Å². The molecule has 108 valence electrons. The predicted molar refractivity (Wildman–Crippen MR) is 79.8 cm³/mol. The highest BCUT2D eigenvalue weighted by Gasteiger charge is 2.18. The van der Waals surface area contributed by atoms with Crippen LogP contribution in [0, 0.1) is 0 Å². The van der Waals surface area contributed by atoms with Gasteiger partial charge in [0.15, 0.2) is 0 Å². The first-order valence-corrected chi connectivity index (χ1v) is 6.69. The lowest BCUT2D eigenvalue weighted by Crippen LogP contribution is -2.11. The fourth-order valence-electron chi connectivity index (χ4n) is 2.23. The highest BCUT2D eigenvalue weighted by molar-refractivity contribution is 5.69. The van der Waals surface area contributed by atoms with Gasteiger partial charge in [0.2, 0.25) is 0 Å². The number of rotatable bonds is 3. The first-order chi connectivity index (χ1) is 9.36. The third-order valence-electron chi connectivity index (χ3n) is 3.43. The number of benzene rings is 1. The fraction of sp³-hybridized carbons (Fsp3) is 0.438. The SMILES string of the molecule is COc1ccc(C(C)(C)C)cc1-c1cc(CO)nn1C. The Morgan fingerprint density at radius 2 is 1.95 bits per heavy atom. The molecule has 0 radical (unpaired) electrons. The van der Waals surface area contributed by atoms with E-state index < -0.39 is 0 Å². The molecule has 1 aromatic heterocycles. The van der Waals surface area contributed by atoms with Gasteiger partial charge in [0, 0.05) is 12.6 Å². The summed E-state index contributed by atoms with van der Waals surface area (Å²) in [5, 5.41) is 13.5. The van der Waals surface area contributed by atoms with Crippen molar-refractivity contribution in [2.45, 2.75) is 32.8 Å². The Kier molecular flexibility index (Phi) is 3.86. The molecule has 20 heavy (non-hydrogen) atoms. The highest BCUT2D eigenvalue weighted by atomic mass is 16.5. The second-order valence-corrected chi connectivity index (χ2v) is 5.97. The molecule has 0 atom stereocenters. The number of nitrogens with zero attached hydrogens (tertiary/aromatic N) is 2. The van der Waals surface area contributed by atoms with Gasteiger partial charge in [-0.2, -0.15) is 5.10 Å². The van der Waals surface area contributed by atoms with Crippen molar-refractivity contribution in [3.63, 3.8) is 0 Å². The molecule has 1 aromatic carbocycles. The maximum absolute atomic E-state index is 9.23. The summed E-state index contributed by atoms with van der Waals surface area (Å²) in [4.78, 5) is 0. The number of aromatic nitrogens is 2. The standard InChI is InChI=1S/C16H22N2O2/c1-16(2,3)11-6-7-15(20-5)13(8-11)14-9-12(10-19)17-18(14)4/h6-9,19H,10H2,1-5H3. The van der Waals surface area contributed by atoms with E-state index in [1.165, 1.54) is 5.56 Å². The van der Waals surface area contributed by atoms with Crippen molar-refractivity contribution in [3.8, 4) is 17.0 Å². The molecule has 1 heterocycles. The number of ether oxygens (including phenoxy) is 1. The molecule has 1 N–H and O–H groups in total. The lowest BCUT2D eigenvalue weighted by Gasteiger charge is -2.21. The van der Waals surface area contributed by atoms with Crippen molar-refractivity contribution < 1.29 is 9.84 Å². The average Bonchev–Trinajstić information content (AvgIpc) is 2.78. The molecule has 0 fully saturated rings. The van der Waals surface area contributed by atoms with E-state index in [0.29, 0.717) is 5.69 Å². The van der Waals surface area contributed by atoms with E-state index in [1.54, 1.807) is 11.8 Å². The van der Waals surface area contributed by atoms with Crippen LogP contribution in [-0.2, 0) is 19.1 Å². The van der Waals surface area contributed by atoms with E-state index in [0.717, 1.165) is 17.0 Å². The lowest BCUT2D eigenvalue weighted by molar-refractivity contribution is 0.275. The van der Waals surface area contributed by atoms with Gasteiger partial charge >= 0.3 is 0 Å². The molecule has 4 heteroatoms. The van der Waals surface area contributed by atoms with Gasteiger partial charge in [-0.15, -0.1) is 0 Å². The minimum atomic E-state index is -0.0604. The van der Waals surface area contributed by atoms with Crippen LogP contribution in [0.1, 0.15) is 32.0 Å². The van der Waals surface area contributed by atoms with Crippen molar-refractivity contribution in [1.82, 2.24) is 9.78 Å². The number of aryl methyl sites for hydroxylation is 1. The third-order valence-corrected chi connectivity index (χ3v) is 3.43. The monoisotopic (exact) mass is 274 g/mol. The average molecular weight is 274 g/mol. The second kappa shape index (κ2) is 5.29. The van der Waals surface area contributed by atoms with E-state index in [-0.39, 0.29) is 12.0 Å². The Balaban J connectivity index is 2.61. The van der Waals surface area contributed by atoms with Crippen LogP contribution in [-0.4, -0.2) is 22.0 Å². The molecule has 0 spiro atoms. The minimum Gasteiger partial charge on any atom is -0.496 e. The quantitative estimate of drug-likeness (QED) is 0.936. The summed E-state index contributed by atoms with van der Waals surface area (Å²) in [5.74, 6) is 0.811. The molecule has 4 nitrogen and oxygen atoms in total. The molecule has 2 rings (SSSR count). The first kappa shape index (κ1) is 14.6. The van der Waals surface area contributed by atoms with Crippen LogP contribution >= 0.6 is 0 Å². The van der Waals surface area contributed by atoms with Gasteiger partial charge in [-0.1, -0.05) is 26.8 Å². The molecule has 0 unspecified atom stereocenters. The summed E-state index contributed by atoms with van der Waals surface area (Å²) in [6.45, 7) is 6.48. The van der Waals surface area contributed by atoms with Gasteiger partial charge in [0.05, 0.1) is 25.1 Å².